The molecule has 6 rings (SSSR count). The van der Waals surface area contributed by atoms with Crippen LogP contribution in [-0.2, 0) is 10.3 Å². The normalized spacial score (nSPS) is 14.4. The van der Waals surface area contributed by atoms with E-state index in [1.54, 1.807) is 12.3 Å². The number of benzene rings is 3. The number of allylic oxidation sites excluding steroid dienone is 1. The molecule has 0 saturated heterocycles. The fourth-order valence-electron chi connectivity index (χ4n) is 5.98. The fourth-order valence-corrected chi connectivity index (χ4v) is 5.98. The summed E-state index contributed by atoms with van der Waals surface area (Å²) in [6, 6.07) is 31.5. The molecule has 3 aromatic carbocycles. The molecule has 1 aliphatic carbocycles. The molecular weight excluding hydrogens is 492 g/mol. The van der Waals surface area contributed by atoms with E-state index in [4.69, 9.17) is 4.98 Å². The van der Waals surface area contributed by atoms with Crippen molar-refractivity contribution in [3.05, 3.63) is 145 Å². The number of imidazole rings is 1. The molecule has 0 bridgehead atoms. The molecular formula is C35H32N4O. The molecule has 2 aromatic heterocycles. The molecule has 2 heterocycles. The Bertz CT molecular complexity index is 1490. The second-order valence-corrected chi connectivity index (χ2v) is 10.4. The Hall–Kier alpha value is -4.64. The van der Waals surface area contributed by atoms with Gasteiger partial charge in [-0.1, -0.05) is 110 Å². The number of nitrogens with zero attached hydrogens (tertiary/aromatic N) is 4. The maximum Gasteiger partial charge on any atom is 0.158 e. The third-order valence-corrected chi connectivity index (χ3v) is 7.98. The van der Waals surface area contributed by atoms with Crippen molar-refractivity contribution in [2.75, 3.05) is 0 Å². The number of carbonyl (C=O) groups is 1. The van der Waals surface area contributed by atoms with Gasteiger partial charge in [0.1, 0.15) is 11.9 Å². The van der Waals surface area contributed by atoms with Crippen molar-refractivity contribution in [2.45, 2.75) is 37.6 Å². The fraction of sp³-hybridized carbons (Fsp3) is 0.200. The lowest BCUT2D eigenvalue weighted by atomic mass is 9.77. The number of rotatable bonds is 8. The zero-order valence-electron chi connectivity index (χ0n) is 22.4. The molecule has 0 spiro atoms. The van der Waals surface area contributed by atoms with Crippen LogP contribution in [0.1, 0.15) is 54.5 Å². The Morgan fingerprint density at radius 3 is 1.93 bits per heavy atom. The number of hydrogen-bond donors (Lipinski definition) is 0. The van der Waals surface area contributed by atoms with Gasteiger partial charge < -0.3 is 4.57 Å². The van der Waals surface area contributed by atoms with E-state index in [0.717, 1.165) is 53.6 Å². The van der Waals surface area contributed by atoms with Crippen LogP contribution >= 0.6 is 0 Å². The molecule has 0 atom stereocenters. The maximum absolute atomic E-state index is 12.9. The smallest absolute Gasteiger partial charge is 0.158 e. The number of hydrogen-bond acceptors (Lipinski definition) is 4. The van der Waals surface area contributed by atoms with Gasteiger partial charge in [-0.25, -0.2) is 15.0 Å². The second-order valence-electron chi connectivity index (χ2n) is 10.4. The van der Waals surface area contributed by atoms with Crippen molar-refractivity contribution in [1.82, 2.24) is 19.5 Å². The number of ketones is 1. The minimum Gasteiger partial charge on any atom is -0.318 e. The highest BCUT2D eigenvalue weighted by Crippen LogP contribution is 2.41. The van der Waals surface area contributed by atoms with Crippen LogP contribution in [0.2, 0.25) is 0 Å². The first-order chi connectivity index (χ1) is 19.8. The van der Waals surface area contributed by atoms with Crippen molar-refractivity contribution in [1.29, 1.82) is 0 Å². The van der Waals surface area contributed by atoms with Crippen molar-refractivity contribution in [3.8, 4) is 11.3 Å². The van der Waals surface area contributed by atoms with Crippen molar-refractivity contribution in [3.63, 3.8) is 0 Å². The number of carbonyl (C=O) groups excluding carboxylic acids is 1. The summed E-state index contributed by atoms with van der Waals surface area (Å²) in [5.74, 6) is 0.309. The minimum atomic E-state index is -0.655. The van der Waals surface area contributed by atoms with Crippen LogP contribution in [-0.4, -0.2) is 25.3 Å². The van der Waals surface area contributed by atoms with Crippen LogP contribution in [0.4, 0.5) is 0 Å². The van der Waals surface area contributed by atoms with Crippen LogP contribution in [0, 0.1) is 5.92 Å². The van der Waals surface area contributed by atoms with Crippen LogP contribution in [0.15, 0.2) is 122 Å². The zero-order valence-corrected chi connectivity index (χ0v) is 22.4. The van der Waals surface area contributed by atoms with Crippen molar-refractivity contribution in [2.24, 2.45) is 5.92 Å². The lowest BCUT2D eigenvalue weighted by Gasteiger charge is -2.37. The predicted octanol–water partition coefficient (Wildman–Crippen LogP) is 7.34. The van der Waals surface area contributed by atoms with Gasteiger partial charge in [-0.05, 0) is 41.7 Å². The van der Waals surface area contributed by atoms with Crippen LogP contribution < -0.4 is 0 Å². The third-order valence-electron chi connectivity index (χ3n) is 7.98. The third kappa shape index (κ3) is 4.91. The van der Waals surface area contributed by atoms with Crippen LogP contribution in [0.5, 0.6) is 0 Å². The molecule has 5 nitrogen and oxygen atoms in total. The van der Waals surface area contributed by atoms with E-state index >= 15 is 0 Å². The lowest BCUT2D eigenvalue weighted by Crippen LogP contribution is -2.36. The van der Waals surface area contributed by atoms with Crippen LogP contribution in [0.3, 0.4) is 0 Å². The lowest BCUT2D eigenvalue weighted by molar-refractivity contribution is -0.119. The van der Waals surface area contributed by atoms with E-state index in [1.807, 2.05) is 30.6 Å². The molecule has 0 unspecified atom stereocenters. The first-order valence-electron chi connectivity index (χ1n) is 14.0. The van der Waals surface area contributed by atoms with Gasteiger partial charge in [0.2, 0.25) is 0 Å². The molecule has 5 heteroatoms. The van der Waals surface area contributed by atoms with Gasteiger partial charge in [-0.3, -0.25) is 4.79 Å². The van der Waals surface area contributed by atoms with Gasteiger partial charge in [-0.2, -0.15) is 0 Å². The van der Waals surface area contributed by atoms with E-state index in [-0.39, 0.29) is 11.7 Å². The predicted molar refractivity (Wildman–Crippen MR) is 158 cm³/mol. The summed E-state index contributed by atoms with van der Waals surface area (Å²) in [6.45, 7) is 0. The average molecular weight is 525 g/mol. The highest BCUT2D eigenvalue weighted by Gasteiger charge is 2.38. The summed E-state index contributed by atoms with van der Waals surface area (Å²) < 4.78 is 2.18. The van der Waals surface area contributed by atoms with E-state index in [2.05, 4.69) is 93.5 Å². The quantitative estimate of drug-likeness (QED) is 0.157. The largest absolute Gasteiger partial charge is 0.318 e. The van der Waals surface area contributed by atoms with E-state index in [9.17, 15) is 4.79 Å². The monoisotopic (exact) mass is 524 g/mol. The first kappa shape index (κ1) is 25.6. The van der Waals surface area contributed by atoms with E-state index in [0.29, 0.717) is 5.69 Å². The standard InChI is InChI=1S/C35H32N4O/c40-34(27-13-5-1-6-14-27)22-21-32-31(23-36-25-37-32)33-24-39(26-38-33)35(28-15-7-2-8-16-28,29-17-9-3-10-18-29)30-19-11-4-12-20-30/h2-4,7-12,15-27H,1,5-6,13-14H2/b22-21+. The topological polar surface area (TPSA) is 60.7 Å². The molecule has 0 amide bonds. The molecule has 0 radical (unpaired) electrons. The summed E-state index contributed by atoms with van der Waals surface area (Å²) >= 11 is 0. The molecule has 198 valence electrons. The molecule has 0 N–H and O–H groups in total. The van der Waals surface area contributed by atoms with Gasteiger partial charge in [0.25, 0.3) is 0 Å². The molecule has 40 heavy (non-hydrogen) atoms. The Balaban J connectivity index is 1.46. The van der Waals surface area contributed by atoms with Gasteiger partial charge in [0, 0.05) is 23.9 Å². The average Bonchev–Trinajstić information content (AvgIpc) is 3.53. The van der Waals surface area contributed by atoms with Gasteiger partial charge in [0.15, 0.2) is 5.78 Å². The Kier molecular flexibility index (Phi) is 7.45. The summed E-state index contributed by atoms with van der Waals surface area (Å²) in [5, 5.41) is 0. The molecule has 5 aromatic rings. The SMILES string of the molecule is O=C(/C=C/c1ncncc1-c1cn(C(c2ccccc2)(c2ccccc2)c2ccccc2)cn1)C1CCCCC1. The Morgan fingerprint density at radius 1 is 0.775 bits per heavy atom. The van der Waals surface area contributed by atoms with Gasteiger partial charge in [0.05, 0.1) is 17.7 Å². The molecule has 1 saturated carbocycles. The van der Waals surface area contributed by atoms with E-state index < -0.39 is 5.54 Å². The molecule has 1 aliphatic rings. The van der Waals surface area contributed by atoms with Gasteiger partial charge >= 0.3 is 0 Å². The Labute approximate surface area is 235 Å². The van der Waals surface area contributed by atoms with Crippen LogP contribution in [0.25, 0.3) is 17.3 Å². The van der Waals surface area contributed by atoms with Gasteiger partial charge in [-0.15, -0.1) is 0 Å². The highest BCUT2D eigenvalue weighted by atomic mass is 16.1. The molecule has 1 fully saturated rings. The van der Waals surface area contributed by atoms with E-state index in [1.165, 1.54) is 12.7 Å². The summed E-state index contributed by atoms with van der Waals surface area (Å²) in [5.41, 5.74) is 4.94. The number of aromatic nitrogens is 4. The Morgan fingerprint density at radius 2 is 1.35 bits per heavy atom. The first-order valence-corrected chi connectivity index (χ1v) is 14.0. The van der Waals surface area contributed by atoms with Crippen molar-refractivity contribution >= 4 is 11.9 Å². The maximum atomic E-state index is 12.9. The zero-order chi connectivity index (χ0) is 27.2. The molecule has 0 aliphatic heterocycles. The van der Waals surface area contributed by atoms with Crippen molar-refractivity contribution < 1.29 is 4.79 Å². The second kappa shape index (κ2) is 11.6. The highest BCUT2D eigenvalue weighted by molar-refractivity contribution is 5.95. The summed E-state index contributed by atoms with van der Waals surface area (Å²) in [4.78, 5) is 26.6. The summed E-state index contributed by atoms with van der Waals surface area (Å²) in [6.07, 6.45) is 16.2. The minimum absolute atomic E-state index is 0.123. The summed E-state index contributed by atoms with van der Waals surface area (Å²) in [7, 11) is 0.